The van der Waals surface area contributed by atoms with Crippen molar-refractivity contribution in [2.45, 2.75) is 0 Å². The second-order valence-corrected chi connectivity index (χ2v) is 6.10. The lowest BCUT2D eigenvalue weighted by Crippen LogP contribution is -2.54. The number of barbiturate groups is 1. The summed E-state index contributed by atoms with van der Waals surface area (Å²) in [5, 5.41) is 2.19. The summed E-state index contributed by atoms with van der Waals surface area (Å²) >= 11 is 3.34. The first-order chi connectivity index (χ1) is 12.0. The van der Waals surface area contributed by atoms with Crippen LogP contribution in [-0.2, 0) is 9.59 Å². The molecule has 0 aliphatic carbocycles. The summed E-state index contributed by atoms with van der Waals surface area (Å²) in [5.74, 6) is -0.939. The van der Waals surface area contributed by atoms with Crippen LogP contribution in [0.25, 0.3) is 6.08 Å². The van der Waals surface area contributed by atoms with Crippen molar-refractivity contribution in [3.63, 3.8) is 0 Å². The van der Waals surface area contributed by atoms with E-state index < -0.39 is 17.8 Å². The number of halogens is 1. The standard InChI is InChI=1S/C18H13BrN2O4/c1-25-15-8-7-12(19)9-11(15)10-14-16(22)20-18(24)21(17(14)23)13-5-3-2-4-6-13/h2-10H,1H3,(H,20,22,24). The van der Waals surface area contributed by atoms with Crippen LogP contribution in [0.5, 0.6) is 5.75 Å². The Bertz CT molecular complexity index is 893. The van der Waals surface area contributed by atoms with E-state index in [1.807, 2.05) is 0 Å². The van der Waals surface area contributed by atoms with Crippen LogP contribution in [-0.4, -0.2) is 25.0 Å². The highest BCUT2D eigenvalue weighted by atomic mass is 79.9. The van der Waals surface area contributed by atoms with Crippen LogP contribution >= 0.6 is 15.9 Å². The molecule has 2 aromatic carbocycles. The Labute approximate surface area is 152 Å². The van der Waals surface area contributed by atoms with Crippen molar-refractivity contribution in [3.8, 4) is 5.75 Å². The summed E-state index contributed by atoms with van der Waals surface area (Å²) in [6, 6.07) is 12.8. The maximum atomic E-state index is 12.8. The normalized spacial score (nSPS) is 16.2. The minimum absolute atomic E-state index is 0.153. The number of urea groups is 1. The molecule has 0 bridgehead atoms. The highest BCUT2D eigenvalue weighted by molar-refractivity contribution is 9.10. The average molecular weight is 401 g/mol. The van der Waals surface area contributed by atoms with Crippen molar-refractivity contribution in [2.75, 3.05) is 12.0 Å². The fourth-order valence-corrected chi connectivity index (χ4v) is 2.82. The molecule has 25 heavy (non-hydrogen) atoms. The van der Waals surface area contributed by atoms with Gasteiger partial charge < -0.3 is 4.74 Å². The van der Waals surface area contributed by atoms with Gasteiger partial charge in [0, 0.05) is 10.0 Å². The number of anilines is 1. The maximum Gasteiger partial charge on any atom is 0.335 e. The Morgan fingerprint density at radius 2 is 1.80 bits per heavy atom. The second-order valence-electron chi connectivity index (χ2n) is 5.18. The van der Waals surface area contributed by atoms with E-state index in [-0.39, 0.29) is 5.57 Å². The molecule has 0 spiro atoms. The molecule has 0 saturated carbocycles. The maximum absolute atomic E-state index is 12.8. The fraction of sp³-hybridized carbons (Fsp3) is 0.0556. The van der Waals surface area contributed by atoms with Crippen LogP contribution in [0.4, 0.5) is 10.5 Å². The molecule has 1 N–H and O–H groups in total. The van der Waals surface area contributed by atoms with Gasteiger partial charge in [0.2, 0.25) is 0 Å². The lowest BCUT2D eigenvalue weighted by molar-refractivity contribution is -0.122. The van der Waals surface area contributed by atoms with E-state index in [1.54, 1.807) is 48.5 Å². The zero-order valence-corrected chi connectivity index (χ0v) is 14.7. The molecule has 1 fully saturated rings. The van der Waals surface area contributed by atoms with Crippen molar-refractivity contribution < 1.29 is 19.1 Å². The predicted octanol–water partition coefficient (Wildman–Crippen LogP) is 3.12. The largest absolute Gasteiger partial charge is 0.496 e. The van der Waals surface area contributed by atoms with Crippen LogP contribution in [0.3, 0.4) is 0 Å². The third kappa shape index (κ3) is 3.32. The van der Waals surface area contributed by atoms with E-state index in [4.69, 9.17) is 4.74 Å². The number of methoxy groups -OCH3 is 1. The molecule has 0 atom stereocenters. The van der Waals surface area contributed by atoms with Gasteiger partial charge in [-0.3, -0.25) is 14.9 Å². The molecule has 7 heteroatoms. The topological polar surface area (TPSA) is 75.7 Å². The zero-order chi connectivity index (χ0) is 18.0. The molecule has 1 aliphatic rings. The quantitative estimate of drug-likeness (QED) is 0.634. The smallest absolute Gasteiger partial charge is 0.335 e. The number of carbonyl (C=O) groups is 3. The van der Waals surface area contributed by atoms with Gasteiger partial charge in [0.05, 0.1) is 12.8 Å². The van der Waals surface area contributed by atoms with E-state index in [0.29, 0.717) is 17.0 Å². The highest BCUT2D eigenvalue weighted by Crippen LogP contribution is 2.27. The molecule has 2 aromatic rings. The first-order valence-electron chi connectivity index (χ1n) is 7.31. The van der Waals surface area contributed by atoms with Crippen molar-refractivity contribution in [1.82, 2.24) is 5.32 Å². The van der Waals surface area contributed by atoms with Crippen molar-refractivity contribution >= 4 is 45.5 Å². The Hall–Kier alpha value is -2.93. The number of hydrogen-bond donors (Lipinski definition) is 1. The van der Waals surface area contributed by atoms with Crippen LogP contribution in [0.2, 0.25) is 0 Å². The molecule has 6 nitrogen and oxygen atoms in total. The number of nitrogens with one attached hydrogen (secondary N) is 1. The van der Waals surface area contributed by atoms with Crippen LogP contribution < -0.4 is 15.0 Å². The third-order valence-corrected chi connectivity index (χ3v) is 4.10. The van der Waals surface area contributed by atoms with Gasteiger partial charge in [-0.15, -0.1) is 0 Å². The summed E-state index contributed by atoms with van der Waals surface area (Å²) in [7, 11) is 1.49. The van der Waals surface area contributed by atoms with Crippen molar-refractivity contribution in [3.05, 3.63) is 64.1 Å². The van der Waals surface area contributed by atoms with Crippen LogP contribution in [0.1, 0.15) is 5.56 Å². The monoisotopic (exact) mass is 400 g/mol. The highest BCUT2D eigenvalue weighted by Gasteiger charge is 2.36. The molecule has 0 radical (unpaired) electrons. The van der Waals surface area contributed by atoms with E-state index in [0.717, 1.165) is 9.37 Å². The number of imide groups is 2. The second kappa shape index (κ2) is 6.90. The zero-order valence-electron chi connectivity index (χ0n) is 13.2. The van der Waals surface area contributed by atoms with Gasteiger partial charge in [-0.1, -0.05) is 34.1 Å². The molecule has 126 valence electrons. The molecular formula is C18H13BrN2O4. The lowest BCUT2D eigenvalue weighted by Gasteiger charge is -2.26. The summed E-state index contributed by atoms with van der Waals surface area (Å²) in [6.07, 6.45) is 1.41. The van der Waals surface area contributed by atoms with Crippen molar-refractivity contribution in [1.29, 1.82) is 0 Å². The molecule has 0 aromatic heterocycles. The van der Waals surface area contributed by atoms with Gasteiger partial charge in [0.25, 0.3) is 11.8 Å². The summed E-state index contributed by atoms with van der Waals surface area (Å²) < 4.78 is 6.02. The Morgan fingerprint density at radius 3 is 2.48 bits per heavy atom. The molecule has 1 saturated heterocycles. The van der Waals surface area contributed by atoms with E-state index in [1.165, 1.54) is 13.2 Å². The molecule has 0 unspecified atom stereocenters. The van der Waals surface area contributed by atoms with Crippen molar-refractivity contribution in [2.24, 2.45) is 0 Å². The van der Waals surface area contributed by atoms with Gasteiger partial charge >= 0.3 is 6.03 Å². The summed E-state index contributed by atoms with van der Waals surface area (Å²) in [6.45, 7) is 0. The third-order valence-electron chi connectivity index (χ3n) is 3.61. The van der Waals surface area contributed by atoms with Gasteiger partial charge in [-0.2, -0.15) is 0 Å². The van der Waals surface area contributed by atoms with Gasteiger partial charge in [-0.05, 0) is 36.4 Å². The number of nitrogens with zero attached hydrogens (tertiary/aromatic N) is 1. The lowest BCUT2D eigenvalue weighted by atomic mass is 10.1. The molecular weight excluding hydrogens is 388 g/mol. The minimum atomic E-state index is -0.778. The number of para-hydroxylation sites is 1. The number of benzene rings is 2. The summed E-state index contributed by atoms with van der Waals surface area (Å²) in [4.78, 5) is 38.0. The van der Waals surface area contributed by atoms with Gasteiger partial charge in [0.15, 0.2) is 0 Å². The first kappa shape index (κ1) is 16.9. The van der Waals surface area contributed by atoms with Gasteiger partial charge in [-0.25, -0.2) is 9.69 Å². The average Bonchev–Trinajstić information content (AvgIpc) is 2.59. The molecule has 3 rings (SSSR count). The van der Waals surface area contributed by atoms with E-state index in [2.05, 4.69) is 21.2 Å². The Balaban J connectivity index is 2.07. The Morgan fingerprint density at radius 1 is 1.08 bits per heavy atom. The number of carbonyl (C=O) groups excluding carboxylic acids is 3. The molecule has 1 aliphatic heterocycles. The van der Waals surface area contributed by atoms with Crippen LogP contribution in [0.15, 0.2) is 58.6 Å². The Kier molecular flexibility index (Phi) is 4.67. The summed E-state index contributed by atoms with van der Waals surface area (Å²) in [5.41, 5.74) is 0.766. The predicted molar refractivity (Wildman–Crippen MR) is 96.1 cm³/mol. The molecule has 1 heterocycles. The molecule has 4 amide bonds. The minimum Gasteiger partial charge on any atom is -0.496 e. The first-order valence-corrected chi connectivity index (χ1v) is 8.10. The number of amides is 4. The number of hydrogen-bond acceptors (Lipinski definition) is 4. The van der Waals surface area contributed by atoms with E-state index in [9.17, 15) is 14.4 Å². The number of rotatable bonds is 3. The number of ether oxygens (including phenoxy) is 1. The fourth-order valence-electron chi connectivity index (χ4n) is 2.44. The van der Waals surface area contributed by atoms with Gasteiger partial charge in [0.1, 0.15) is 11.3 Å². The SMILES string of the molecule is COc1ccc(Br)cc1C=C1C(=O)NC(=O)N(c2ccccc2)C1=O. The van der Waals surface area contributed by atoms with Crippen LogP contribution in [0, 0.1) is 0 Å². The van der Waals surface area contributed by atoms with E-state index >= 15 is 0 Å².